The number of amides is 1. The van der Waals surface area contributed by atoms with E-state index in [1.54, 1.807) is 6.20 Å². The van der Waals surface area contributed by atoms with Crippen molar-refractivity contribution in [2.45, 2.75) is 38.6 Å². The van der Waals surface area contributed by atoms with Crippen molar-refractivity contribution >= 4 is 22.6 Å². The molecule has 9 nitrogen and oxygen atoms in total. The summed E-state index contributed by atoms with van der Waals surface area (Å²) < 4.78 is 1.87. The molecule has 5 rings (SSSR count). The molecule has 9 heteroatoms. The van der Waals surface area contributed by atoms with Crippen LogP contribution in [0.3, 0.4) is 0 Å². The summed E-state index contributed by atoms with van der Waals surface area (Å²) in [5, 5.41) is 22.2. The molecular weight excluding hydrogens is 368 g/mol. The van der Waals surface area contributed by atoms with Gasteiger partial charge in [0.15, 0.2) is 5.65 Å². The van der Waals surface area contributed by atoms with Crippen molar-refractivity contribution < 1.29 is 4.79 Å². The number of fused-ring (bicyclic) bond motifs is 1. The first-order chi connectivity index (χ1) is 14.1. The van der Waals surface area contributed by atoms with Crippen molar-refractivity contribution in [3.05, 3.63) is 47.8 Å². The first-order valence-corrected chi connectivity index (χ1v) is 9.63. The zero-order valence-electron chi connectivity index (χ0n) is 16.1. The third kappa shape index (κ3) is 3.24. The Morgan fingerprint density at radius 1 is 1.28 bits per heavy atom. The Hall–Kier alpha value is -3.62. The molecule has 0 atom stereocenters. The lowest BCUT2D eigenvalue weighted by atomic mass is 10.1. The van der Waals surface area contributed by atoms with Crippen LogP contribution in [0.5, 0.6) is 0 Å². The molecule has 0 aliphatic heterocycles. The van der Waals surface area contributed by atoms with Crippen LogP contribution in [-0.4, -0.2) is 41.3 Å². The van der Waals surface area contributed by atoms with E-state index >= 15 is 0 Å². The minimum atomic E-state index is -0.187. The molecule has 0 unspecified atom stereocenters. The summed E-state index contributed by atoms with van der Waals surface area (Å²) in [5.74, 6) is 0.720. The number of anilines is 1. The Morgan fingerprint density at radius 3 is 2.86 bits per heavy atom. The van der Waals surface area contributed by atoms with Gasteiger partial charge in [-0.25, -0.2) is 9.67 Å². The topological polar surface area (TPSA) is 114 Å². The summed E-state index contributed by atoms with van der Waals surface area (Å²) in [5.41, 5.74) is 3.74. The molecule has 0 saturated heterocycles. The summed E-state index contributed by atoms with van der Waals surface area (Å²) in [6, 6.07) is 9.43. The molecular formula is C20H20N8O. The van der Waals surface area contributed by atoms with Crippen LogP contribution >= 0.6 is 0 Å². The summed E-state index contributed by atoms with van der Waals surface area (Å²) in [7, 11) is 0. The van der Waals surface area contributed by atoms with Crippen molar-refractivity contribution in [1.29, 1.82) is 0 Å². The standard InChI is InChI=1S/C20H20N8O/c1-11(2)28-19-16(10-21-28)15(9-17(23-19)12-6-7-12)20(29)22-14-5-3-4-13(8-14)18-24-26-27-25-18/h3-5,8-12H,6-7H2,1-2H3,(H,22,29)(H,24,25,26,27). The average Bonchev–Trinajstić information content (AvgIpc) is 3.24. The van der Waals surface area contributed by atoms with Crippen LogP contribution in [0.1, 0.15) is 54.7 Å². The predicted octanol–water partition coefficient (Wildman–Crippen LogP) is 3.32. The van der Waals surface area contributed by atoms with Gasteiger partial charge in [0.05, 0.1) is 17.1 Å². The van der Waals surface area contributed by atoms with Gasteiger partial charge in [-0.1, -0.05) is 12.1 Å². The smallest absolute Gasteiger partial charge is 0.256 e. The fraction of sp³-hybridized carbons (Fsp3) is 0.300. The second kappa shape index (κ2) is 6.77. The average molecular weight is 388 g/mol. The van der Waals surface area contributed by atoms with E-state index in [-0.39, 0.29) is 11.9 Å². The van der Waals surface area contributed by atoms with Gasteiger partial charge in [0.2, 0.25) is 5.82 Å². The van der Waals surface area contributed by atoms with Gasteiger partial charge in [0.1, 0.15) is 0 Å². The Morgan fingerprint density at radius 2 is 2.14 bits per heavy atom. The molecule has 4 aromatic rings. The molecule has 2 N–H and O–H groups in total. The number of carbonyl (C=O) groups is 1. The number of benzene rings is 1. The van der Waals surface area contributed by atoms with Gasteiger partial charge < -0.3 is 5.32 Å². The number of pyridine rings is 1. The number of hydrogen-bond donors (Lipinski definition) is 2. The summed E-state index contributed by atoms with van der Waals surface area (Å²) in [4.78, 5) is 18.0. The first-order valence-electron chi connectivity index (χ1n) is 9.63. The number of nitrogens with one attached hydrogen (secondary N) is 2. The number of carbonyl (C=O) groups excluding carboxylic acids is 1. The third-order valence-corrected chi connectivity index (χ3v) is 5.04. The maximum absolute atomic E-state index is 13.2. The summed E-state index contributed by atoms with van der Waals surface area (Å²) in [6.45, 7) is 4.11. The lowest BCUT2D eigenvalue weighted by molar-refractivity contribution is 0.102. The second-order valence-corrected chi connectivity index (χ2v) is 7.56. The number of aromatic amines is 1. The minimum absolute atomic E-state index is 0.164. The van der Waals surface area contributed by atoms with E-state index in [1.807, 2.05) is 35.0 Å². The van der Waals surface area contributed by atoms with Gasteiger partial charge in [-0.15, -0.1) is 10.2 Å². The van der Waals surface area contributed by atoms with Gasteiger partial charge in [0, 0.05) is 28.9 Å². The van der Waals surface area contributed by atoms with Crippen LogP contribution in [-0.2, 0) is 0 Å². The van der Waals surface area contributed by atoms with E-state index in [4.69, 9.17) is 4.98 Å². The van der Waals surface area contributed by atoms with Crippen molar-refractivity contribution in [2.24, 2.45) is 0 Å². The number of rotatable bonds is 5. The minimum Gasteiger partial charge on any atom is -0.322 e. The number of H-pyrrole nitrogens is 1. The molecule has 146 valence electrons. The molecule has 3 aromatic heterocycles. The van der Waals surface area contributed by atoms with Crippen LogP contribution in [0.4, 0.5) is 5.69 Å². The highest BCUT2D eigenvalue weighted by Crippen LogP contribution is 2.40. The largest absolute Gasteiger partial charge is 0.322 e. The van der Waals surface area contributed by atoms with Gasteiger partial charge in [-0.3, -0.25) is 4.79 Å². The number of tetrazole rings is 1. The van der Waals surface area contributed by atoms with Crippen molar-refractivity contribution in [3.63, 3.8) is 0 Å². The van der Waals surface area contributed by atoms with Crippen molar-refractivity contribution in [1.82, 2.24) is 35.4 Å². The van der Waals surface area contributed by atoms with Crippen LogP contribution in [0.25, 0.3) is 22.4 Å². The molecule has 0 radical (unpaired) electrons. The summed E-state index contributed by atoms with van der Waals surface area (Å²) >= 11 is 0. The quantitative estimate of drug-likeness (QED) is 0.542. The Balaban J connectivity index is 1.52. The number of hydrogen-bond acceptors (Lipinski definition) is 6. The fourth-order valence-corrected chi connectivity index (χ4v) is 3.41. The zero-order valence-corrected chi connectivity index (χ0v) is 16.1. The molecule has 29 heavy (non-hydrogen) atoms. The van der Waals surface area contributed by atoms with Crippen LogP contribution in [0.15, 0.2) is 36.5 Å². The van der Waals surface area contributed by atoms with Crippen LogP contribution in [0, 0.1) is 0 Å². The van der Waals surface area contributed by atoms with E-state index in [0.717, 1.165) is 35.1 Å². The highest BCUT2D eigenvalue weighted by Gasteiger charge is 2.28. The summed E-state index contributed by atoms with van der Waals surface area (Å²) in [6.07, 6.45) is 3.95. The van der Waals surface area contributed by atoms with Gasteiger partial charge in [-0.2, -0.15) is 10.3 Å². The highest BCUT2D eigenvalue weighted by atomic mass is 16.1. The van der Waals surface area contributed by atoms with Gasteiger partial charge in [0.25, 0.3) is 5.91 Å². The molecule has 0 bridgehead atoms. The van der Waals surface area contributed by atoms with Gasteiger partial charge in [-0.05, 0) is 50.1 Å². The molecule has 1 aromatic carbocycles. The molecule has 3 heterocycles. The lowest BCUT2D eigenvalue weighted by Gasteiger charge is -2.11. The van der Waals surface area contributed by atoms with E-state index in [1.165, 1.54) is 0 Å². The Labute approximate surface area is 166 Å². The third-order valence-electron chi connectivity index (χ3n) is 5.04. The molecule has 1 saturated carbocycles. The van der Waals surface area contributed by atoms with Crippen LogP contribution in [0.2, 0.25) is 0 Å². The maximum Gasteiger partial charge on any atom is 0.256 e. The van der Waals surface area contributed by atoms with Crippen LogP contribution < -0.4 is 5.32 Å². The normalized spacial score (nSPS) is 13.9. The molecule has 1 aliphatic rings. The molecule has 1 aliphatic carbocycles. The molecule has 1 fully saturated rings. The van der Waals surface area contributed by atoms with E-state index in [9.17, 15) is 4.79 Å². The van der Waals surface area contributed by atoms with Gasteiger partial charge >= 0.3 is 0 Å². The maximum atomic E-state index is 13.2. The van der Waals surface area contributed by atoms with E-state index < -0.39 is 0 Å². The lowest BCUT2D eigenvalue weighted by Crippen LogP contribution is -2.14. The zero-order chi connectivity index (χ0) is 20.0. The molecule has 0 spiro atoms. The van der Waals surface area contributed by atoms with Crippen molar-refractivity contribution in [2.75, 3.05) is 5.32 Å². The second-order valence-electron chi connectivity index (χ2n) is 7.56. The van der Waals surface area contributed by atoms with E-state index in [0.29, 0.717) is 23.0 Å². The van der Waals surface area contributed by atoms with E-state index in [2.05, 4.69) is 44.9 Å². The molecule has 1 amide bonds. The number of nitrogens with zero attached hydrogens (tertiary/aromatic N) is 6. The van der Waals surface area contributed by atoms with Crippen molar-refractivity contribution in [3.8, 4) is 11.4 Å². The Bertz CT molecular complexity index is 1190. The Kier molecular flexibility index (Phi) is 4.08. The monoisotopic (exact) mass is 388 g/mol. The SMILES string of the molecule is CC(C)n1ncc2c(C(=O)Nc3cccc(-c4nn[nH]n4)c3)cc(C3CC3)nc21. The highest BCUT2D eigenvalue weighted by molar-refractivity contribution is 6.12. The predicted molar refractivity (Wildman–Crippen MR) is 107 cm³/mol. The first kappa shape index (κ1) is 17.5. The number of aromatic nitrogens is 7. The fourth-order valence-electron chi connectivity index (χ4n) is 3.41.